The van der Waals surface area contributed by atoms with Gasteiger partial charge in [-0.15, -0.1) is 0 Å². The zero-order valence-corrected chi connectivity index (χ0v) is 18.4. The summed E-state index contributed by atoms with van der Waals surface area (Å²) in [4.78, 5) is 4.54. The summed E-state index contributed by atoms with van der Waals surface area (Å²) in [6, 6.07) is 2.55. The van der Waals surface area contributed by atoms with Gasteiger partial charge in [-0.2, -0.15) is 4.37 Å². The Morgan fingerprint density at radius 1 is 1.27 bits per heavy atom. The van der Waals surface area contributed by atoms with Crippen LogP contribution in [-0.4, -0.2) is 22.7 Å². The van der Waals surface area contributed by atoms with Crippen molar-refractivity contribution in [2.75, 3.05) is 5.32 Å². The summed E-state index contributed by atoms with van der Waals surface area (Å²) in [7, 11) is 0. The van der Waals surface area contributed by atoms with Crippen molar-refractivity contribution in [3.63, 3.8) is 0 Å². The largest absolute Gasteiger partial charge is 0.369 e. The van der Waals surface area contributed by atoms with Crippen LogP contribution in [0.1, 0.15) is 54.2 Å². The zero-order chi connectivity index (χ0) is 19.9. The average Bonchev–Trinajstić information content (AvgIpc) is 2.96. The first kappa shape index (κ1) is 22.4. The third-order valence-corrected chi connectivity index (χ3v) is 5.39. The summed E-state index contributed by atoms with van der Waals surface area (Å²) in [5.41, 5.74) is 3.42. The van der Waals surface area contributed by atoms with Gasteiger partial charge in [0, 0.05) is 18.3 Å². The van der Waals surface area contributed by atoms with Crippen LogP contribution < -0.4 is 5.32 Å². The Morgan fingerprint density at radius 3 is 2.35 bits per heavy atom. The monoisotopic (exact) mass is 373 g/mol. The number of aromatic nitrogens is 1. The van der Waals surface area contributed by atoms with Crippen molar-refractivity contribution in [3.05, 3.63) is 47.7 Å². The number of aryl methyl sites for hydroxylation is 1. The third-order valence-electron chi connectivity index (χ3n) is 4.58. The lowest BCUT2D eigenvalue weighted by Gasteiger charge is -2.34. The first-order chi connectivity index (χ1) is 12.1. The van der Waals surface area contributed by atoms with E-state index in [0.29, 0.717) is 5.92 Å². The van der Waals surface area contributed by atoms with Crippen LogP contribution in [0.3, 0.4) is 0 Å². The minimum Gasteiger partial charge on any atom is -0.369 e. The summed E-state index contributed by atoms with van der Waals surface area (Å²) >= 11 is 1.51. The number of anilines is 1. The van der Waals surface area contributed by atoms with Gasteiger partial charge in [-0.1, -0.05) is 52.5 Å². The summed E-state index contributed by atoms with van der Waals surface area (Å²) in [6.07, 6.45) is 8.24. The van der Waals surface area contributed by atoms with Crippen LogP contribution in [0.5, 0.6) is 0 Å². The van der Waals surface area contributed by atoms with Gasteiger partial charge >= 0.3 is 0 Å². The Hall–Kier alpha value is -1.68. The van der Waals surface area contributed by atoms with E-state index in [1.807, 2.05) is 26.1 Å². The van der Waals surface area contributed by atoms with Crippen molar-refractivity contribution in [1.29, 1.82) is 0 Å². The van der Waals surface area contributed by atoms with Gasteiger partial charge in [0.25, 0.3) is 0 Å². The second kappa shape index (κ2) is 9.86. The van der Waals surface area contributed by atoms with E-state index in [1.54, 1.807) is 0 Å². The van der Waals surface area contributed by atoms with Crippen LogP contribution in [0, 0.1) is 18.3 Å². The first-order valence-corrected chi connectivity index (χ1v) is 10.1. The Kier molecular flexibility index (Phi) is 8.48. The summed E-state index contributed by atoms with van der Waals surface area (Å²) in [5.74, 6) is 0.417. The molecule has 26 heavy (non-hydrogen) atoms. The molecule has 0 aliphatic heterocycles. The van der Waals surface area contributed by atoms with Crippen LogP contribution in [0.25, 0.3) is 0 Å². The number of allylic oxidation sites excluding steroid dienone is 4. The Balaban J connectivity index is 3.25. The zero-order valence-electron chi connectivity index (χ0n) is 17.6. The summed E-state index contributed by atoms with van der Waals surface area (Å²) in [5, 5.41) is 4.77. The normalized spacial score (nSPS) is 16.2. The molecule has 0 spiro atoms. The van der Waals surface area contributed by atoms with E-state index in [2.05, 4.69) is 81.0 Å². The molecule has 1 heterocycles. The number of hydrogen-bond acceptors (Lipinski definition) is 4. The van der Waals surface area contributed by atoms with E-state index in [9.17, 15) is 0 Å². The highest BCUT2D eigenvalue weighted by Crippen LogP contribution is 2.32. The van der Waals surface area contributed by atoms with Crippen LogP contribution >= 0.6 is 11.5 Å². The Morgan fingerprint density at radius 2 is 1.92 bits per heavy atom. The van der Waals surface area contributed by atoms with Crippen molar-refractivity contribution in [3.8, 4) is 0 Å². The van der Waals surface area contributed by atoms with Crippen LogP contribution in [-0.2, 0) is 0 Å². The highest BCUT2D eigenvalue weighted by molar-refractivity contribution is 7.10. The highest BCUT2D eigenvalue weighted by Gasteiger charge is 2.28. The summed E-state index contributed by atoms with van der Waals surface area (Å²) in [6.45, 7) is 21.4. The van der Waals surface area contributed by atoms with Crippen molar-refractivity contribution in [2.24, 2.45) is 16.3 Å². The Labute approximate surface area is 164 Å². The van der Waals surface area contributed by atoms with Gasteiger partial charge in [-0.3, -0.25) is 4.99 Å². The lowest BCUT2D eigenvalue weighted by Crippen LogP contribution is -2.34. The fourth-order valence-electron chi connectivity index (χ4n) is 2.47. The SMILES string of the molecule is C=CC(=C\C(Nc1cc(C)ns1)C(C)C(C)(C)C)/C(/C=N\C(C)C)=C/C. The van der Waals surface area contributed by atoms with E-state index >= 15 is 0 Å². The van der Waals surface area contributed by atoms with Crippen LogP contribution in [0.2, 0.25) is 0 Å². The molecule has 1 N–H and O–H groups in total. The molecule has 0 fully saturated rings. The maximum Gasteiger partial charge on any atom is 0.110 e. The summed E-state index contributed by atoms with van der Waals surface area (Å²) < 4.78 is 4.40. The van der Waals surface area contributed by atoms with Crippen molar-refractivity contribution in [2.45, 2.75) is 67.5 Å². The first-order valence-electron chi connectivity index (χ1n) is 9.32. The number of aliphatic imine (C=N–C) groups is 1. The van der Waals surface area contributed by atoms with Crippen molar-refractivity contribution < 1.29 is 0 Å². The molecular formula is C22H35N3S. The Bertz CT molecular complexity index is 672. The number of nitrogens with one attached hydrogen (secondary N) is 1. The molecule has 144 valence electrons. The predicted molar refractivity (Wildman–Crippen MR) is 119 cm³/mol. The molecule has 3 nitrogen and oxygen atoms in total. The molecular weight excluding hydrogens is 338 g/mol. The van der Waals surface area contributed by atoms with E-state index < -0.39 is 0 Å². The molecule has 2 unspecified atom stereocenters. The maximum atomic E-state index is 4.54. The van der Waals surface area contributed by atoms with Gasteiger partial charge in [0.2, 0.25) is 0 Å². The second-order valence-corrected chi connectivity index (χ2v) is 8.90. The van der Waals surface area contributed by atoms with E-state index in [4.69, 9.17) is 0 Å². The minimum atomic E-state index is 0.169. The molecule has 0 aliphatic carbocycles. The van der Waals surface area contributed by atoms with Crippen molar-refractivity contribution >= 4 is 22.7 Å². The topological polar surface area (TPSA) is 37.3 Å². The smallest absolute Gasteiger partial charge is 0.110 e. The van der Waals surface area contributed by atoms with Gasteiger partial charge in [-0.25, -0.2) is 0 Å². The lowest BCUT2D eigenvalue weighted by molar-refractivity contribution is 0.250. The fourth-order valence-corrected chi connectivity index (χ4v) is 3.17. The quantitative estimate of drug-likeness (QED) is 0.420. The molecule has 1 rings (SSSR count). The molecule has 0 saturated carbocycles. The number of rotatable bonds is 8. The molecule has 1 aromatic heterocycles. The number of hydrogen-bond donors (Lipinski definition) is 1. The standard InChI is InChI=1S/C22H35N3S/c1-10-18(19(11-2)14-23-15(3)4)13-20(17(6)22(7,8)9)24-21-12-16(5)25-26-21/h10-15,17,20,24H,1H2,2-9H3/b18-13+,19-11+,23-14-. The molecule has 1 aromatic rings. The van der Waals surface area contributed by atoms with Crippen molar-refractivity contribution in [1.82, 2.24) is 4.37 Å². The minimum absolute atomic E-state index is 0.169. The van der Waals surface area contributed by atoms with Crippen LogP contribution in [0.4, 0.5) is 5.00 Å². The second-order valence-electron chi connectivity index (χ2n) is 8.10. The molecule has 0 aromatic carbocycles. The fraction of sp³-hybridized carbons (Fsp3) is 0.545. The van der Waals surface area contributed by atoms with E-state index in [1.165, 1.54) is 11.5 Å². The van der Waals surface area contributed by atoms with Crippen LogP contribution in [0.15, 0.2) is 47.0 Å². The van der Waals surface area contributed by atoms with Gasteiger partial charge in [0.05, 0.1) is 5.69 Å². The van der Waals surface area contributed by atoms with Gasteiger partial charge in [0.15, 0.2) is 0 Å². The molecule has 0 amide bonds. The molecule has 2 atom stereocenters. The highest BCUT2D eigenvalue weighted by atomic mass is 32.1. The van der Waals surface area contributed by atoms with E-state index in [-0.39, 0.29) is 17.5 Å². The number of nitrogens with zero attached hydrogens (tertiary/aromatic N) is 2. The molecule has 0 radical (unpaired) electrons. The van der Waals surface area contributed by atoms with Gasteiger partial charge in [0.1, 0.15) is 5.00 Å². The molecule has 0 aliphatic rings. The van der Waals surface area contributed by atoms with Gasteiger partial charge < -0.3 is 5.32 Å². The van der Waals surface area contributed by atoms with Gasteiger partial charge in [-0.05, 0) is 67.8 Å². The maximum absolute atomic E-state index is 4.54. The lowest BCUT2D eigenvalue weighted by atomic mass is 9.77. The molecule has 0 saturated heterocycles. The average molecular weight is 374 g/mol. The van der Waals surface area contributed by atoms with E-state index in [0.717, 1.165) is 21.8 Å². The third kappa shape index (κ3) is 6.91. The molecule has 4 heteroatoms. The predicted octanol–water partition coefficient (Wildman–Crippen LogP) is 6.45. The molecule has 0 bridgehead atoms.